The molecular weight excluding hydrogens is 344 g/mol. The number of nitrogens with one attached hydrogen (secondary N) is 1. The van der Waals surface area contributed by atoms with E-state index >= 15 is 0 Å². The number of nitrogens with zero attached hydrogens (tertiary/aromatic N) is 3. The number of benzene rings is 1. The fourth-order valence-corrected chi connectivity index (χ4v) is 3.84. The number of aryl methyl sites for hydroxylation is 1. The SMILES string of the molecule is CCNC(=NCCS(=O)C(C)(C)C)N1CCN(c2cccc(C)c2)CC1. The summed E-state index contributed by atoms with van der Waals surface area (Å²) in [6, 6.07) is 8.69. The third-order valence-corrected chi connectivity index (χ3v) is 6.42. The van der Waals surface area contributed by atoms with Gasteiger partial charge in [-0.2, -0.15) is 0 Å². The summed E-state index contributed by atoms with van der Waals surface area (Å²) in [5.41, 5.74) is 2.60. The smallest absolute Gasteiger partial charge is 0.194 e. The first-order chi connectivity index (χ1) is 12.3. The van der Waals surface area contributed by atoms with Crippen LogP contribution >= 0.6 is 0 Å². The lowest BCUT2D eigenvalue weighted by Crippen LogP contribution is -2.52. The van der Waals surface area contributed by atoms with Crippen molar-refractivity contribution < 1.29 is 4.21 Å². The molecule has 1 heterocycles. The van der Waals surface area contributed by atoms with E-state index in [1.165, 1.54) is 11.3 Å². The van der Waals surface area contributed by atoms with Crippen LogP contribution in [0.4, 0.5) is 5.69 Å². The molecule has 6 heteroatoms. The number of aliphatic imine (C=N–C) groups is 1. The van der Waals surface area contributed by atoms with Gasteiger partial charge in [-0.05, 0) is 52.3 Å². The molecule has 1 atom stereocenters. The van der Waals surface area contributed by atoms with Crippen LogP contribution in [0.25, 0.3) is 0 Å². The second kappa shape index (κ2) is 9.40. The van der Waals surface area contributed by atoms with E-state index in [0.29, 0.717) is 12.3 Å². The highest BCUT2D eigenvalue weighted by molar-refractivity contribution is 7.86. The molecule has 1 N–H and O–H groups in total. The Morgan fingerprint density at radius 3 is 2.50 bits per heavy atom. The summed E-state index contributed by atoms with van der Waals surface area (Å²) in [6.07, 6.45) is 0. The van der Waals surface area contributed by atoms with Crippen LogP contribution in [-0.4, -0.2) is 64.8 Å². The van der Waals surface area contributed by atoms with E-state index in [-0.39, 0.29) is 4.75 Å². The molecule has 0 amide bonds. The van der Waals surface area contributed by atoms with Gasteiger partial charge in [0.05, 0.1) is 6.54 Å². The molecule has 0 bridgehead atoms. The van der Waals surface area contributed by atoms with Crippen LogP contribution in [0, 0.1) is 6.92 Å². The van der Waals surface area contributed by atoms with E-state index in [4.69, 9.17) is 4.99 Å². The maximum atomic E-state index is 12.2. The van der Waals surface area contributed by atoms with Crippen molar-refractivity contribution in [2.45, 2.75) is 39.4 Å². The maximum Gasteiger partial charge on any atom is 0.194 e. The van der Waals surface area contributed by atoms with Crippen molar-refractivity contribution in [1.82, 2.24) is 10.2 Å². The molecule has 26 heavy (non-hydrogen) atoms. The second-order valence-corrected chi connectivity index (χ2v) is 10.0. The molecule has 0 aromatic heterocycles. The Morgan fingerprint density at radius 2 is 1.92 bits per heavy atom. The largest absolute Gasteiger partial charge is 0.368 e. The molecule has 1 aromatic carbocycles. The van der Waals surface area contributed by atoms with Crippen molar-refractivity contribution in [1.29, 1.82) is 0 Å². The molecule has 0 saturated carbocycles. The number of anilines is 1. The average molecular weight is 379 g/mol. The van der Waals surface area contributed by atoms with Gasteiger partial charge in [0.25, 0.3) is 0 Å². The van der Waals surface area contributed by atoms with Crippen LogP contribution in [0.3, 0.4) is 0 Å². The molecule has 1 aliphatic rings. The molecule has 1 aliphatic heterocycles. The lowest BCUT2D eigenvalue weighted by molar-refractivity contribution is 0.373. The summed E-state index contributed by atoms with van der Waals surface area (Å²) in [5, 5.41) is 3.39. The predicted molar refractivity (Wildman–Crippen MR) is 114 cm³/mol. The van der Waals surface area contributed by atoms with E-state index in [1.54, 1.807) is 0 Å². The molecule has 2 rings (SSSR count). The van der Waals surface area contributed by atoms with Crippen molar-refractivity contribution in [3.8, 4) is 0 Å². The molecular formula is C20H34N4OS. The topological polar surface area (TPSA) is 47.9 Å². The van der Waals surface area contributed by atoms with E-state index in [1.807, 2.05) is 20.8 Å². The van der Waals surface area contributed by atoms with Gasteiger partial charge in [-0.15, -0.1) is 0 Å². The third-order valence-electron chi connectivity index (χ3n) is 4.50. The minimum atomic E-state index is -0.857. The first-order valence-electron chi connectivity index (χ1n) is 9.54. The van der Waals surface area contributed by atoms with Gasteiger partial charge in [-0.25, -0.2) is 0 Å². The number of hydrogen-bond acceptors (Lipinski definition) is 3. The minimum Gasteiger partial charge on any atom is -0.368 e. The highest BCUT2D eigenvalue weighted by Gasteiger charge is 2.21. The zero-order valence-electron chi connectivity index (χ0n) is 16.9. The monoisotopic (exact) mass is 378 g/mol. The van der Waals surface area contributed by atoms with Gasteiger partial charge >= 0.3 is 0 Å². The molecule has 0 spiro atoms. The number of hydrogen-bond donors (Lipinski definition) is 1. The van der Waals surface area contributed by atoms with Crippen molar-refractivity contribution in [3.63, 3.8) is 0 Å². The van der Waals surface area contributed by atoms with Gasteiger partial charge in [0.1, 0.15) is 0 Å². The van der Waals surface area contributed by atoms with E-state index in [2.05, 4.69) is 53.2 Å². The molecule has 1 unspecified atom stereocenters. The summed E-state index contributed by atoms with van der Waals surface area (Å²) in [7, 11) is -0.857. The number of piperazine rings is 1. The molecule has 5 nitrogen and oxygen atoms in total. The lowest BCUT2D eigenvalue weighted by atomic mass is 10.2. The van der Waals surface area contributed by atoms with E-state index in [0.717, 1.165) is 38.7 Å². The summed E-state index contributed by atoms with van der Waals surface area (Å²) in [5.74, 6) is 1.56. The van der Waals surface area contributed by atoms with Crippen LogP contribution in [-0.2, 0) is 10.8 Å². The van der Waals surface area contributed by atoms with Crippen LogP contribution in [0.1, 0.15) is 33.3 Å². The lowest BCUT2D eigenvalue weighted by Gasteiger charge is -2.37. The first kappa shape index (κ1) is 20.7. The molecule has 1 fully saturated rings. The summed E-state index contributed by atoms with van der Waals surface area (Å²) >= 11 is 0. The maximum absolute atomic E-state index is 12.2. The standard InChI is InChI=1S/C20H34N4OS/c1-6-21-19(22-10-15-26(25)20(3,4)5)24-13-11-23(12-14-24)18-9-7-8-17(2)16-18/h7-9,16H,6,10-15H2,1-5H3,(H,21,22). The summed E-state index contributed by atoms with van der Waals surface area (Å²) in [4.78, 5) is 9.47. The van der Waals surface area contributed by atoms with E-state index < -0.39 is 10.8 Å². The van der Waals surface area contributed by atoms with Crippen molar-refractivity contribution in [2.75, 3.05) is 49.9 Å². The third kappa shape index (κ3) is 6.01. The zero-order chi connectivity index (χ0) is 19.2. The van der Waals surface area contributed by atoms with Crippen LogP contribution in [0.5, 0.6) is 0 Å². The van der Waals surface area contributed by atoms with Gasteiger partial charge < -0.3 is 15.1 Å². The first-order valence-corrected chi connectivity index (χ1v) is 10.9. The van der Waals surface area contributed by atoms with Crippen LogP contribution in [0.2, 0.25) is 0 Å². The Morgan fingerprint density at radius 1 is 1.23 bits per heavy atom. The fraction of sp³-hybridized carbons (Fsp3) is 0.650. The quantitative estimate of drug-likeness (QED) is 0.632. The number of rotatable bonds is 5. The predicted octanol–water partition coefficient (Wildman–Crippen LogP) is 2.63. The van der Waals surface area contributed by atoms with Gasteiger partial charge in [0, 0.05) is 59.7 Å². The fourth-order valence-electron chi connectivity index (χ4n) is 2.97. The zero-order valence-corrected chi connectivity index (χ0v) is 17.7. The average Bonchev–Trinajstić information content (AvgIpc) is 2.60. The van der Waals surface area contributed by atoms with Gasteiger partial charge in [-0.3, -0.25) is 9.20 Å². The molecule has 1 saturated heterocycles. The van der Waals surface area contributed by atoms with Gasteiger partial charge in [0.2, 0.25) is 0 Å². The van der Waals surface area contributed by atoms with Crippen LogP contribution < -0.4 is 10.2 Å². The molecule has 0 aliphatic carbocycles. The van der Waals surface area contributed by atoms with Gasteiger partial charge in [-0.1, -0.05) is 12.1 Å². The Labute approximate surface area is 161 Å². The second-order valence-electron chi connectivity index (χ2n) is 7.71. The van der Waals surface area contributed by atoms with E-state index in [9.17, 15) is 4.21 Å². The van der Waals surface area contributed by atoms with Crippen molar-refractivity contribution in [3.05, 3.63) is 29.8 Å². The molecule has 0 radical (unpaired) electrons. The highest BCUT2D eigenvalue weighted by atomic mass is 32.2. The van der Waals surface area contributed by atoms with Crippen LogP contribution in [0.15, 0.2) is 29.3 Å². The van der Waals surface area contributed by atoms with Crippen molar-refractivity contribution in [2.24, 2.45) is 4.99 Å². The number of guanidine groups is 1. The Hall–Kier alpha value is -1.56. The normalized spacial score (nSPS) is 17.3. The Bertz CT molecular complexity index is 631. The minimum absolute atomic E-state index is 0.173. The Balaban J connectivity index is 1.92. The van der Waals surface area contributed by atoms with Crippen molar-refractivity contribution >= 4 is 22.4 Å². The molecule has 146 valence electrons. The van der Waals surface area contributed by atoms with Gasteiger partial charge in [0.15, 0.2) is 5.96 Å². The Kier molecular flexibility index (Phi) is 7.50. The highest BCUT2D eigenvalue weighted by Crippen LogP contribution is 2.18. The molecule has 1 aromatic rings. The summed E-state index contributed by atoms with van der Waals surface area (Å²) in [6.45, 7) is 15.6. The summed E-state index contributed by atoms with van der Waals surface area (Å²) < 4.78 is 12.0.